The van der Waals surface area contributed by atoms with Gasteiger partial charge in [0, 0.05) is 43.4 Å². The number of nitrogens with one attached hydrogen (secondary N) is 1. The molecule has 4 rings (SSSR count). The minimum absolute atomic E-state index is 0.0216. The molecule has 1 amide bonds. The Balaban J connectivity index is 1.57. The Hall–Kier alpha value is -2.44. The van der Waals surface area contributed by atoms with Crippen LogP contribution in [0.5, 0.6) is 0 Å². The Morgan fingerprint density at radius 1 is 1.28 bits per heavy atom. The number of aromatic amines is 1. The molecule has 1 fully saturated rings. The first kappa shape index (κ1) is 16.1. The Kier molecular flexibility index (Phi) is 4.15. The van der Waals surface area contributed by atoms with Crippen LogP contribution in [0.4, 0.5) is 0 Å². The summed E-state index contributed by atoms with van der Waals surface area (Å²) in [7, 11) is 1.93. The second-order valence-corrected chi connectivity index (χ2v) is 7.03. The topological polar surface area (TPSA) is 83.9 Å². The fourth-order valence-corrected chi connectivity index (χ4v) is 4.10. The van der Waals surface area contributed by atoms with Gasteiger partial charge in [-0.25, -0.2) is 4.98 Å². The van der Waals surface area contributed by atoms with Gasteiger partial charge in [-0.15, -0.1) is 0 Å². The van der Waals surface area contributed by atoms with Crippen LogP contribution >= 0.6 is 0 Å². The molecule has 0 radical (unpaired) electrons. The van der Waals surface area contributed by atoms with Crippen LogP contribution in [-0.4, -0.2) is 43.6 Å². The zero-order valence-corrected chi connectivity index (χ0v) is 14.5. The highest BCUT2D eigenvalue weighted by Crippen LogP contribution is 2.28. The van der Waals surface area contributed by atoms with Gasteiger partial charge < -0.3 is 9.88 Å². The Bertz CT molecular complexity index is 853. The van der Waals surface area contributed by atoms with E-state index < -0.39 is 0 Å². The molecule has 1 saturated heterocycles. The van der Waals surface area contributed by atoms with E-state index in [-0.39, 0.29) is 17.4 Å². The third-order valence-corrected chi connectivity index (χ3v) is 5.39. The molecule has 132 valence electrons. The van der Waals surface area contributed by atoms with Crippen LogP contribution in [0.25, 0.3) is 0 Å². The van der Waals surface area contributed by atoms with Gasteiger partial charge in [0.25, 0.3) is 11.5 Å². The number of hydrogen-bond acceptors (Lipinski definition) is 4. The van der Waals surface area contributed by atoms with Gasteiger partial charge in [0.15, 0.2) is 5.69 Å². The number of H-pyrrole nitrogens is 1. The van der Waals surface area contributed by atoms with Crippen molar-refractivity contribution in [1.82, 2.24) is 24.6 Å². The summed E-state index contributed by atoms with van der Waals surface area (Å²) in [5, 5.41) is 4.53. The molecule has 0 spiro atoms. The van der Waals surface area contributed by atoms with Crippen molar-refractivity contribution in [3.05, 3.63) is 45.4 Å². The number of aromatic nitrogens is 4. The van der Waals surface area contributed by atoms with Gasteiger partial charge in [-0.2, -0.15) is 5.10 Å². The molecular weight excluding hydrogens is 318 g/mol. The summed E-state index contributed by atoms with van der Waals surface area (Å²) in [6.07, 6.45) is 7.54. The van der Waals surface area contributed by atoms with Crippen LogP contribution in [0.1, 0.15) is 59.0 Å². The highest BCUT2D eigenvalue weighted by atomic mass is 16.2. The van der Waals surface area contributed by atoms with E-state index >= 15 is 0 Å². The number of piperidine rings is 1. The van der Waals surface area contributed by atoms with Crippen molar-refractivity contribution in [2.45, 2.75) is 44.4 Å². The van der Waals surface area contributed by atoms with Crippen LogP contribution < -0.4 is 5.56 Å². The van der Waals surface area contributed by atoms with Crippen molar-refractivity contribution in [3.8, 4) is 0 Å². The summed E-state index contributed by atoms with van der Waals surface area (Å²) in [4.78, 5) is 33.4. The summed E-state index contributed by atoms with van der Waals surface area (Å²) in [5.74, 6) is 0.132. The molecule has 2 aromatic rings. The quantitative estimate of drug-likeness (QED) is 0.895. The molecule has 0 aromatic carbocycles. The average molecular weight is 341 g/mol. The number of amides is 1. The van der Waals surface area contributed by atoms with Crippen molar-refractivity contribution in [3.63, 3.8) is 0 Å². The normalized spacial score (nSPS) is 20.4. The van der Waals surface area contributed by atoms with Gasteiger partial charge in [-0.05, 0) is 38.5 Å². The lowest BCUT2D eigenvalue weighted by atomic mass is 9.93. The lowest BCUT2D eigenvalue weighted by molar-refractivity contribution is 0.0698. The minimum Gasteiger partial charge on any atom is -0.337 e. The number of nitrogens with zero attached hydrogens (tertiary/aromatic N) is 4. The molecule has 7 heteroatoms. The van der Waals surface area contributed by atoms with Crippen LogP contribution in [-0.2, 0) is 19.9 Å². The van der Waals surface area contributed by atoms with E-state index in [4.69, 9.17) is 0 Å². The first-order valence-electron chi connectivity index (χ1n) is 9.02. The van der Waals surface area contributed by atoms with Crippen LogP contribution in [0.15, 0.2) is 17.2 Å². The molecule has 2 aliphatic rings. The van der Waals surface area contributed by atoms with Crippen LogP contribution in [0.3, 0.4) is 0 Å². The predicted octanol–water partition coefficient (Wildman–Crippen LogP) is 1.40. The number of carbonyl (C=O) groups excluding carboxylic acids is 1. The van der Waals surface area contributed by atoms with Crippen LogP contribution in [0, 0.1) is 0 Å². The van der Waals surface area contributed by atoms with Crippen molar-refractivity contribution in [2.75, 3.05) is 13.1 Å². The first-order valence-corrected chi connectivity index (χ1v) is 9.02. The number of rotatable bonds is 2. The molecule has 7 nitrogen and oxygen atoms in total. The molecular formula is C18H23N5O2. The fraction of sp³-hybridized carbons (Fsp3) is 0.556. The Morgan fingerprint density at radius 3 is 2.96 bits per heavy atom. The number of hydrogen-bond donors (Lipinski definition) is 1. The molecule has 0 bridgehead atoms. The van der Waals surface area contributed by atoms with Crippen LogP contribution in [0.2, 0.25) is 0 Å². The van der Waals surface area contributed by atoms with Gasteiger partial charge in [-0.3, -0.25) is 14.3 Å². The molecule has 2 aromatic heterocycles. The number of carbonyl (C=O) groups is 1. The molecule has 1 aliphatic heterocycles. The number of fused-ring (bicyclic) bond motifs is 1. The van der Waals surface area contributed by atoms with Crippen molar-refractivity contribution in [1.29, 1.82) is 0 Å². The van der Waals surface area contributed by atoms with Gasteiger partial charge in [0.05, 0.1) is 12.0 Å². The highest BCUT2D eigenvalue weighted by molar-refractivity contribution is 5.94. The van der Waals surface area contributed by atoms with Gasteiger partial charge in [-0.1, -0.05) is 0 Å². The third-order valence-electron chi connectivity index (χ3n) is 5.39. The monoisotopic (exact) mass is 341 g/mol. The molecule has 25 heavy (non-hydrogen) atoms. The molecule has 0 saturated carbocycles. The Labute approximate surface area is 146 Å². The molecule has 1 atom stereocenters. The predicted molar refractivity (Wildman–Crippen MR) is 92.6 cm³/mol. The summed E-state index contributed by atoms with van der Waals surface area (Å²) in [6.45, 7) is 1.34. The lowest BCUT2D eigenvalue weighted by Gasteiger charge is -2.32. The molecule has 1 N–H and O–H groups in total. The summed E-state index contributed by atoms with van der Waals surface area (Å²) >= 11 is 0. The number of likely N-dealkylation sites (tertiary alicyclic amines) is 1. The SMILES string of the molecule is Cn1nc(C(=O)N2CCC[C@H](c3cc(=O)[nH]cn3)C2)c2c1CCCC2. The standard InChI is InChI=1S/C18H23N5O2/c1-22-15-7-3-2-6-13(15)17(21-22)18(25)23-8-4-5-12(10-23)14-9-16(24)20-11-19-14/h9,11-12H,2-8,10H2,1H3,(H,19,20,24)/t12-/m0/s1. The maximum atomic E-state index is 13.1. The summed E-state index contributed by atoms with van der Waals surface area (Å²) < 4.78 is 1.88. The fourth-order valence-electron chi connectivity index (χ4n) is 4.10. The van der Waals surface area contributed by atoms with E-state index in [9.17, 15) is 9.59 Å². The molecule has 0 unspecified atom stereocenters. The van der Waals surface area contributed by atoms with Gasteiger partial charge in [0.1, 0.15) is 0 Å². The smallest absolute Gasteiger partial charge is 0.274 e. The van der Waals surface area contributed by atoms with E-state index in [0.717, 1.165) is 49.9 Å². The van der Waals surface area contributed by atoms with Gasteiger partial charge >= 0.3 is 0 Å². The average Bonchev–Trinajstić information content (AvgIpc) is 2.98. The third kappa shape index (κ3) is 2.99. The van der Waals surface area contributed by atoms with E-state index in [0.29, 0.717) is 12.2 Å². The second-order valence-electron chi connectivity index (χ2n) is 7.03. The minimum atomic E-state index is -0.146. The van der Waals surface area contributed by atoms with E-state index in [1.807, 2.05) is 16.6 Å². The lowest BCUT2D eigenvalue weighted by Crippen LogP contribution is -2.40. The largest absolute Gasteiger partial charge is 0.337 e. The van der Waals surface area contributed by atoms with E-state index in [1.165, 1.54) is 18.4 Å². The molecule has 3 heterocycles. The maximum absolute atomic E-state index is 13.1. The van der Waals surface area contributed by atoms with Crippen molar-refractivity contribution < 1.29 is 4.79 Å². The summed E-state index contributed by atoms with van der Waals surface area (Å²) in [5.41, 5.74) is 3.59. The molecule has 1 aliphatic carbocycles. The number of aryl methyl sites for hydroxylation is 1. The zero-order chi connectivity index (χ0) is 17.4. The maximum Gasteiger partial charge on any atom is 0.274 e. The second kappa shape index (κ2) is 6.46. The van der Waals surface area contributed by atoms with E-state index in [1.54, 1.807) is 6.07 Å². The highest BCUT2D eigenvalue weighted by Gasteiger charge is 2.31. The zero-order valence-electron chi connectivity index (χ0n) is 14.5. The first-order chi connectivity index (χ1) is 12.1. The Morgan fingerprint density at radius 2 is 2.12 bits per heavy atom. The van der Waals surface area contributed by atoms with Gasteiger partial charge in [0.2, 0.25) is 0 Å². The van der Waals surface area contributed by atoms with Crippen molar-refractivity contribution in [2.24, 2.45) is 7.05 Å². The van der Waals surface area contributed by atoms with E-state index in [2.05, 4.69) is 15.1 Å². The van der Waals surface area contributed by atoms with Crippen molar-refractivity contribution >= 4 is 5.91 Å². The summed E-state index contributed by atoms with van der Waals surface area (Å²) in [6, 6.07) is 1.54.